The van der Waals surface area contributed by atoms with Crippen molar-refractivity contribution in [2.45, 2.75) is 5.75 Å². The minimum absolute atomic E-state index is 0.698. The Morgan fingerprint density at radius 2 is 2.10 bits per heavy atom. The van der Waals surface area contributed by atoms with Gasteiger partial charge in [0.15, 0.2) is 5.82 Å². The first-order chi connectivity index (χ1) is 10.4. The highest BCUT2D eigenvalue weighted by molar-refractivity contribution is 7.97. The van der Waals surface area contributed by atoms with Crippen LogP contribution in [0.4, 0.5) is 5.82 Å². The van der Waals surface area contributed by atoms with Gasteiger partial charge in [-0.1, -0.05) is 6.07 Å². The van der Waals surface area contributed by atoms with Gasteiger partial charge >= 0.3 is 0 Å². The lowest BCUT2D eigenvalue weighted by Crippen LogP contribution is -2.37. The molecule has 110 valence electrons. The Labute approximate surface area is 128 Å². The van der Waals surface area contributed by atoms with Crippen LogP contribution >= 0.6 is 11.8 Å². The second-order valence-electron chi connectivity index (χ2n) is 4.79. The van der Waals surface area contributed by atoms with E-state index in [0.29, 0.717) is 5.82 Å². The van der Waals surface area contributed by atoms with Crippen molar-refractivity contribution in [3.63, 3.8) is 0 Å². The van der Waals surface area contributed by atoms with Gasteiger partial charge in [0.05, 0.1) is 18.9 Å². The minimum atomic E-state index is 0.698. The van der Waals surface area contributed by atoms with Gasteiger partial charge in [0.1, 0.15) is 11.5 Å². The number of aromatic nitrogens is 3. The zero-order valence-electron chi connectivity index (χ0n) is 12.0. The number of morpholine rings is 1. The van der Waals surface area contributed by atoms with E-state index in [9.17, 15) is 0 Å². The Morgan fingerprint density at radius 1 is 1.24 bits per heavy atom. The van der Waals surface area contributed by atoms with Crippen LogP contribution in [0.25, 0.3) is 11.5 Å². The molecule has 0 atom stereocenters. The Balaban J connectivity index is 1.97. The van der Waals surface area contributed by atoms with E-state index in [-0.39, 0.29) is 0 Å². The van der Waals surface area contributed by atoms with Gasteiger partial charge in [-0.3, -0.25) is 4.98 Å². The SMILES string of the molecule is CSCc1cc(N2CCOCC2)nc(-c2ccccn2)n1. The molecule has 5 nitrogen and oxygen atoms in total. The molecule has 1 aliphatic heterocycles. The number of rotatable bonds is 4. The number of anilines is 1. The van der Waals surface area contributed by atoms with Gasteiger partial charge in [-0.15, -0.1) is 0 Å². The number of pyridine rings is 1. The molecule has 1 aliphatic rings. The van der Waals surface area contributed by atoms with Crippen molar-refractivity contribution in [1.82, 2.24) is 15.0 Å². The topological polar surface area (TPSA) is 51.1 Å². The highest BCUT2D eigenvalue weighted by atomic mass is 32.2. The Morgan fingerprint density at radius 3 is 2.81 bits per heavy atom. The van der Waals surface area contributed by atoms with Crippen LogP contribution in [-0.2, 0) is 10.5 Å². The molecule has 2 aromatic heterocycles. The van der Waals surface area contributed by atoms with E-state index in [4.69, 9.17) is 9.72 Å². The van der Waals surface area contributed by atoms with Crippen LogP contribution in [-0.4, -0.2) is 47.5 Å². The van der Waals surface area contributed by atoms with Gasteiger partial charge in [-0.2, -0.15) is 11.8 Å². The predicted molar refractivity (Wildman–Crippen MR) is 85.5 cm³/mol. The maximum atomic E-state index is 5.41. The molecule has 1 fully saturated rings. The van der Waals surface area contributed by atoms with Crippen molar-refractivity contribution >= 4 is 17.6 Å². The summed E-state index contributed by atoms with van der Waals surface area (Å²) < 4.78 is 5.41. The summed E-state index contributed by atoms with van der Waals surface area (Å²) in [5.74, 6) is 2.54. The molecule has 0 unspecified atom stereocenters. The fourth-order valence-electron chi connectivity index (χ4n) is 2.27. The molecule has 3 rings (SSSR count). The number of hydrogen-bond acceptors (Lipinski definition) is 6. The fourth-order valence-corrected chi connectivity index (χ4v) is 2.71. The van der Waals surface area contributed by atoms with Gasteiger partial charge in [0.2, 0.25) is 0 Å². The molecule has 0 saturated carbocycles. The van der Waals surface area contributed by atoms with Crippen molar-refractivity contribution < 1.29 is 4.74 Å². The molecule has 0 aliphatic carbocycles. The Hall–Kier alpha value is -1.66. The minimum Gasteiger partial charge on any atom is -0.378 e. The van der Waals surface area contributed by atoms with Crippen LogP contribution in [0.2, 0.25) is 0 Å². The molecule has 0 amide bonds. The third-order valence-electron chi connectivity index (χ3n) is 3.29. The van der Waals surface area contributed by atoms with E-state index >= 15 is 0 Å². The van der Waals surface area contributed by atoms with Crippen molar-refractivity contribution in [3.8, 4) is 11.5 Å². The fraction of sp³-hybridized carbons (Fsp3) is 0.400. The molecule has 0 bridgehead atoms. The van der Waals surface area contributed by atoms with Crippen LogP contribution in [0, 0.1) is 0 Å². The molecule has 21 heavy (non-hydrogen) atoms. The molecule has 0 radical (unpaired) electrons. The molecule has 0 spiro atoms. The van der Waals surface area contributed by atoms with E-state index < -0.39 is 0 Å². The monoisotopic (exact) mass is 302 g/mol. The van der Waals surface area contributed by atoms with Gasteiger partial charge in [0.25, 0.3) is 0 Å². The first-order valence-electron chi connectivity index (χ1n) is 6.98. The van der Waals surface area contributed by atoms with Crippen molar-refractivity contribution in [3.05, 3.63) is 36.2 Å². The summed E-state index contributed by atoms with van der Waals surface area (Å²) in [6.45, 7) is 3.25. The molecule has 0 aromatic carbocycles. The highest BCUT2D eigenvalue weighted by Crippen LogP contribution is 2.21. The lowest BCUT2D eigenvalue weighted by Gasteiger charge is -2.28. The average molecular weight is 302 g/mol. The zero-order chi connectivity index (χ0) is 14.5. The second-order valence-corrected chi connectivity index (χ2v) is 5.65. The number of nitrogens with zero attached hydrogens (tertiary/aromatic N) is 4. The summed E-state index contributed by atoms with van der Waals surface area (Å²) in [5, 5.41) is 0. The number of ether oxygens (including phenoxy) is 1. The third kappa shape index (κ3) is 3.51. The van der Waals surface area contributed by atoms with Crippen LogP contribution < -0.4 is 4.90 Å². The Bertz CT molecular complexity index is 587. The van der Waals surface area contributed by atoms with E-state index in [1.54, 1.807) is 18.0 Å². The summed E-state index contributed by atoms with van der Waals surface area (Å²) >= 11 is 1.76. The number of thioether (sulfide) groups is 1. The van der Waals surface area contributed by atoms with Gasteiger partial charge in [0, 0.05) is 31.1 Å². The zero-order valence-corrected chi connectivity index (χ0v) is 12.8. The van der Waals surface area contributed by atoms with Gasteiger partial charge in [-0.05, 0) is 18.4 Å². The smallest absolute Gasteiger partial charge is 0.180 e. The quantitative estimate of drug-likeness (QED) is 0.863. The van der Waals surface area contributed by atoms with E-state index in [1.807, 2.05) is 18.2 Å². The lowest BCUT2D eigenvalue weighted by atomic mass is 10.3. The molecule has 0 N–H and O–H groups in total. The highest BCUT2D eigenvalue weighted by Gasteiger charge is 2.15. The van der Waals surface area contributed by atoms with Crippen LogP contribution in [0.1, 0.15) is 5.69 Å². The Kier molecular flexibility index (Phi) is 4.67. The van der Waals surface area contributed by atoms with Crippen LogP contribution in [0.15, 0.2) is 30.5 Å². The maximum absolute atomic E-state index is 5.41. The van der Waals surface area contributed by atoms with Crippen molar-refractivity contribution in [1.29, 1.82) is 0 Å². The van der Waals surface area contributed by atoms with Gasteiger partial charge < -0.3 is 9.64 Å². The first kappa shape index (κ1) is 14.3. The summed E-state index contributed by atoms with van der Waals surface area (Å²) in [6.07, 6.45) is 3.85. The van der Waals surface area contributed by atoms with Crippen LogP contribution in [0.5, 0.6) is 0 Å². The van der Waals surface area contributed by atoms with E-state index in [1.165, 1.54) is 0 Å². The third-order valence-corrected chi connectivity index (χ3v) is 3.87. The second kappa shape index (κ2) is 6.87. The lowest BCUT2D eigenvalue weighted by molar-refractivity contribution is 0.122. The number of hydrogen-bond donors (Lipinski definition) is 0. The normalized spacial score (nSPS) is 15.2. The molecule has 2 aromatic rings. The van der Waals surface area contributed by atoms with E-state index in [2.05, 4.69) is 27.2 Å². The van der Waals surface area contributed by atoms with Crippen molar-refractivity contribution in [2.24, 2.45) is 0 Å². The molecular weight excluding hydrogens is 284 g/mol. The summed E-state index contributed by atoms with van der Waals surface area (Å²) in [5.41, 5.74) is 1.86. The predicted octanol–water partition coefficient (Wildman–Crippen LogP) is 2.24. The standard InChI is InChI=1S/C15H18N4OS/c1-21-11-12-10-14(19-6-8-20-9-7-19)18-15(17-12)13-4-2-3-5-16-13/h2-5,10H,6-9,11H2,1H3. The van der Waals surface area contributed by atoms with Gasteiger partial charge in [-0.25, -0.2) is 9.97 Å². The first-order valence-corrected chi connectivity index (χ1v) is 8.37. The van der Waals surface area contributed by atoms with E-state index in [0.717, 1.165) is 49.3 Å². The molecule has 3 heterocycles. The van der Waals surface area contributed by atoms with Crippen molar-refractivity contribution in [2.75, 3.05) is 37.5 Å². The average Bonchev–Trinajstić information content (AvgIpc) is 2.56. The van der Waals surface area contributed by atoms with Crippen LogP contribution in [0.3, 0.4) is 0 Å². The summed E-state index contributed by atoms with van der Waals surface area (Å²) in [4.78, 5) is 15.9. The molecule has 6 heteroatoms. The molecule has 1 saturated heterocycles. The molecular formula is C15H18N4OS. The maximum Gasteiger partial charge on any atom is 0.180 e. The largest absolute Gasteiger partial charge is 0.378 e. The summed E-state index contributed by atoms with van der Waals surface area (Å²) in [6, 6.07) is 7.88. The summed E-state index contributed by atoms with van der Waals surface area (Å²) in [7, 11) is 0.